The summed E-state index contributed by atoms with van der Waals surface area (Å²) in [6, 6.07) is 13.6. The number of H-pyrrole nitrogens is 1. The van der Waals surface area contributed by atoms with Gasteiger partial charge in [0, 0.05) is 55.7 Å². The second kappa shape index (κ2) is 7.71. The van der Waals surface area contributed by atoms with Gasteiger partial charge in [-0.05, 0) is 35.4 Å². The molecule has 0 atom stereocenters. The predicted molar refractivity (Wildman–Crippen MR) is 118 cm³/mol. The number of para-hydroxylation sites is 1. The Labute approximate surface area is 180 Å². The van der Waals surface area contributed by atoms with Crippen molar-refractivity contribution in [1.82, 2.24) is 9.88 Å². The molecular formula is C25H24N2O4. The van der Waals surface area contributed by atoms with Gasteiger partial charge in [-0.25, -0.2) is 4.79 Å². The molecule has 0 bridgehead atoms. The summed E-state index contributed by atoms with van der Waals surface area (Å²) in [5.41, 5.74) is 3.22. The van der Waals surface area contributed by atoms with E-state index in [1.54, 1.807) is 18.2 Å². The van der Waals surface area contributed by atoms with Gasteiger partial charge >= 0.3 is 5.97 Å². The van der Waals surface area contributed by atoms with Crippen LogP contribution >= 0.6 is 0 Å². The molecule has 1 spiro atoms. The molecule has 6 heteroatoms. The van der Waals surface area contributed by atoms with Gasteiger partial charge in [0.2, 0.25) is 0 Å². The maximum Gasteiger partial charge on any atom is 0.328 e. The molecule has 2 aromatic carbocycles. The number of carboxylic acid groups (broad SMARTS) is 1. The molecule has 0 aliphatic carbocycles. The van der Waals surface area contributed by atoms with Crippen molar-refractivity contribution in [2.75, 3.05) is 13.1 Å². The molecular weight excluding hydrogens is 392 g/mol. The van der Waals surface area contributed by atoms with Crippen LogP contribution in [0.1, 0.15) is 40.7 Å². The summed E-state index contributed by atoms with van der Waals surface area (Å²) >= 11 is 0. The Hall–Kier alpha value is -3.38. The second-order valence-electron chi connectivity index (χ2n) is 8.45. The summed E-state index contributed by atoms with van der Waals surface area (Å²) in [7, 11) is 0. The van der Waals surface area contributed by atoms with Crippen molar-refractivity contribution in [2.45, 2.75) is 31.4 Å². The molecule has 3 heterocycles. The number of nitrogens with zero attached hydrogens (tertiary/aromatic N) is 1. The molecule has 1 aromatic heterocycles. The van der Waals surface area contributed by atoms with Crippen LogP contribution in [0.5, 0.6) is 5.75 Å². The second-order valence-corrected chi connectivity index (χ2v) is 8.45. The molecule has 6 nitrogen and oxygen atoms in total. The average molecular weight is 416 g/mol. The van der Waals surface area contributed by atoms with E-state index in [4.69, 9.17) is 9.84 Å². The van der Waals surface area contributed by atoms with Gasteiger partial charge in [-0.2, -0.15) is 0 Å². The lowest BCUT2D eigenvalue weighted by Gasteiger charge is -2.44. The fourth-order valence-electron chi connectivity index (χ4n) is 4.68. The van der Waals surface area contributed by atoms with Crippen LogP contribution in [0.4, 0.5) is 0 Å². The van der Waals surface area contributed by atoms with E-state index >= 15 is 0 Å². The monoisotopic (exact) mass is 416 g/mol. The number of nitrogens with one attached hydrogen (secondary N) is 1. The van der Waals surface area contributed by atoms with Gasteiger partial charge in [0.05, 0.1) is 12.0 Å². The van der Waals surface area contributed by atoms with Gasteiger partial charge in [-0.1, -0.05) is 24.3 Å². The van der Waals surface area contributed by atoms with Gasteiger partial charge in [-0.3, -0.25) is 9.69 Å². The Morgan fingerprint density at radius 2 is 2.00 bits per heavy atom. The highest BCUT2D eigenvalue weighted by Gasteiger charge is 2.42. The number of aliphatic carboxylic acids is 1. The summed E-state index contributed by atoms with van der Waals surface area (Å²) < 4.78 is 6.37. The lowest BCUT2D eigenvalue weighted by atomic mass is 9.82. The number of piperidine rings is 1. The van der Waals surface area contributed by atoms with Crippen LogP contribution in [-0.4, -0.2) is 45.4 Å². The van der Waals surface area contributed by atoms with Gasteiger partial charge in [0.15, 0.2) is 5.78 Å². The first kappa shape index (κ1) is 19.6. The van der Waals surface area contributed by atoms with E-state index in [1.165, 1.54) is 17.0 Å². The maximum absolute atomic E-state index is 12.9. The Balaban J connectivity index is 1.28. The fourth-order valence-corrected chi connectivity index (χ4v) is 4.68. The third-order valence-corrected chi connectivity index (χ3v) is 6.37. The van der Waals surface area contributed by atoms with Crippen molar-refractivity contribution in [3.63, 3.8) is 0 Å². The molecule has 0 saturated carbocycles. The molecule has 2 aliphatic rings. The predicted octanol–water partition coefficient (Wildman–Crippen LogP) is 4.27. The van der Waals surface area contributed by atoms with Crippen LogP contribution in [0.2, 0.25) is 0 Å². The molecule has 0 unspecified atom stereocenters. The maximum atomic E-state index is 12.9. The Bertz CT molecular complexity index is 1190. The molecule has 0 radical (unpaired) electrons. The highest BCUT2D eigenvalue weighted by atomic mass is 16.5. The van der Waals surface area contributed by atoms with E-state index in [2.05, 4.69) is 34.3 Å². The highest BCUT2D eigenvalue weighted by Crippen LogP contribution is 2.40. The summed E-state index contributed by atoms with van der Waals surface area (Å²) in [5, 5.41) is 10.1. The van der Waals surface area contributed by atoms with Crippen LogP contribution in [0.15, 0.2) is 54.7 Å². The summed E-state index contributed by atoms with van der Waals surface area (Å²) in [4.78, 5) is 29.4. The number of aromatic amines is 1. The molecule has 158 valence electrons. The van der Waals surface area contributed by atoms with Crippen molar-refractivity contribution in [1.29, 1.82) is 0 Å². The SMILES string of the molecule is O=C(O)/C=C/c1ccc2c(c1)C(=O)CC1(CCN(Cc3c[nH]c4ccccc34)CC1)O2. The number of Topliss-reactive ketones (excluding diaryl/α,β-unsaturated/α-hetero) is 1. The summed E-state index contributed by atoms with van der Waals surface area (Å²) in [6.07, 6.45) is 6.63. The van der Waals surface area contributed by atoms with E-state index in [1.807, 2.05) is 6.07 Å². The Morgan fingerprint density at radius 1 is 1.19 bits per heavy atom. The van der Waals surface area contributed by atoms with Crippen molar-refractivity contribution in [3.8, 4) is 5.75 Å². The lowest BCUT2D eigenvalue weighted by molar-refractivity contribution is -0.131. The first-order chi connectivity index (χ1) is 15.0. The number of fused-ring (bicyclic) bond motifs is 2. The Morgan fingerprint density at radius 3 is 2.81 bits per heavy atom. The number of benzene rings is 2. The highest BCUT2D eigenvalue weighted by molar-refractivity contribution is 6.01. The first-order valence-electron chi connectivity index (χ1n) is 10.6. The minimum absolute atomic E-state index is 0.0666. The average Bonchev–Trinajstić information content (AvgIpc) is 3.17. The van der Waals surface area contributed by atoms with Crippen molar-refractivity contribution in [3.05, 3.63) is 71.4 Å². The fraction of sp³-hybridized carbons (Fsp3) is 0.280. The third kappa shape index (κ3) is 3.86. The molecule has 3 aromatic rings. The van der Waals surface area contributed by atoms with Crippen LogP contribution < -0.4 is 4.74 Å². The van der Waals surface area contributed by atoms with E-state index < -0.39 is 11.6 Å². The number of carbonyl (C=O) groups excluding carboxylic acids is 1. The number of carboxylic acids is 1. The van der Waals surface area contributed by atoms with Gasteiger partial charge in [0.25, 0.3) is 0 Å². The zero-order chi connectivity index (χ0) is 21.4. The number of hydrogen-bond acceptors (Lipinski definition) is 4. The number of aromatic nitrogens is 1. The molecule has 0 amide bonds. The van der Waals surface area contributed by atoms with Crippen molar-refractivity contribution >= 4 is 28.7 Å². The van der Waals surface area contributed by atoms with E-state index in [9.17, 15) is 9.59 Å². The normalized spacial score (nSPS) is 18.4. The van der Waals surface area contributed by atoms with Gasteiger partial charge < -0.3 is 14.8 Å². The van der Waals surface area contributed by atoms with Gasteiger partial charge in [0.1, 0.15) is 11.4 Å². The molecule has 5 rings (SSSR count). The minimum Gasteiger partial charge on any atom is -0.486 e. The summed E-state index contributed by atoms with van der Waals surface area (Å²) in [6.45, 7) is 2.63. The standard InChI is InChI=1S/C25H24N2O4/c28-22-14-25(31-23-7-5-17(13-20(22)23)6-8-24(29)30)9-11-27(12-10-25)16-18-15-26-21-4-2-1-3-19(18)21/h1-8,13,15,26H,9-12,14,16H2,(H,29,30)/b8-6+. The third-order valence-electron chi connectivity index (χ3n) is 6.37. The topological polar surface area (TPSA) is 82.6 Å². The molecule has 31 heavy (non-hydrogen) atoms. The zero-order valence-electron chi connectivity index (χ0n) is 17.1. The number of carbonyl (C=O) groups is 2. The van der Waals surface area contributed by atoms with E-state index in [0.717, 1.165) is 44.1 Å². The molecule has 2 aliphatic heterocycles. The number of likely N-dealkylation sites (tertiary alicyclic amines) is 1. The quantitative estimate of drug-likeness (QED) is 0.621. The lowest BCUT2D eigenvalue weighted by Crippen LogP contribution is -2.50. The molecule has 1 saturated heterocycles. The van der Waals surface area contributed by atoms with Crippen molar-refractivity contribution in [2.24, 2.45) is 0 Å². The van der Waals surface area contributed by atoms with Crippen molar-refractivity contribution < 1.29 is 19.4 Å². The van der Waals surface area contributed by atoms with Crippen LogP contribution in [0, 0.1) is 0 Å². The van der Waals surface area contributed by atoms with Crippen LogP contribution in [-0.2, 0) is 11.3 Å². The number of ether oxygens (including phenoxy) is 1. The van der Waals surface area contributed by atoms with E-state index in [0.29, 0.717) is 23.3 Å². The Kier molecular flexibility index (Phi) is 4.87. The largest absolute Gasteiger partial charge is 0.486 e. The van der Waals surface area contributed by atoms with Gasteiger partial charge in [-0.15, -0.1) is 0 Å². The van der Waals surface area contributed by atoms with Crippen LogP contribution in [0.25, 0.3) is 17.0 Å². The number of ketones is 1. The minimum atomic E-state index is -1.02. The smallest absolute Gasteiger partial charge is 0.328 e. The molecule has 1 fully saturated rings. The number of hydrogen-bond donors (Lipinski definition) is 2. The van der Waals surface area contributed by atoms with Crippen LogP contribution in [0.3, 0.4) is 0 Å². The number of rotatable bonds is 4. The first-order valence-corrected chi connectivity index (χ1v) is 10.6. The summed E-state index contributed by atoms with van der Waals surface area (Å²) in [5.74, 6) is -0.343. The molecule has 2 N–H and O–H groups in total. The van der Waals surface area contributed by atoms with E-state index in [-0.39, 0.29) is 5.78 Å². The zero-order valence-corrected chi connectivity index (χ0v) is 17.1.